The molecule has 2 aromatic heterocycles. The Bertz CT molecular complexity index is 747. The zero-order chi connectivity index (χ0) is 15.9. The van der Waals surface area contributed by atoms with Gasteiger partial charge in [-0.05, 0) is 0 Å². The van der Waals surface area contributed by atoms with Gasteiger partial charge in [0.15, 0.2) is 17.8 Å². The average Bonchev–Trinajstić information content (AvgIpc) is 2.96. The molecule has 2 aromatic rings. The molecule has 3 atom stereocenters. The molecular formula is C10H18N7O5P. The fourth-order valence-corrected chi connectivity index (χ4v) is 2.79. The van der Waals surface area contributed by atoms with Gasteiger partial charge in [0.2, 0.25) is 5.95 Å². The van der Waals surface area contributed by atoms with Crippen LogP contribution < -0.4 is 22.5 Å². The number of imidazole rings is 1. The van der Waals surface area contributed by atoms with Gasteiger partial charge in [0, 0.05) is 0 Å². The summed E-state index contributed by atoms with van der Waals surface area (Å²) in [6.45, 7) is 0.498. The van der Waals surface area contributed by atoms with E-state index >= 15 is 0 Å². The number of hydrogen-bond donors (Lipinski definition) is 4. The van der Waals surface area contributed by atoms with Crippen LogP contribution in [0.25, 0.3) is 11.2 Å². The van der Waals surface area contributed by atoms with Gasteiger partial charge in [-0.3, -0.25) is 0 Å². The van der Waals surface area contributed by atoms with Crippen molar-refractivity contribution in [2.24, 2.45) is 0 Å². The van der Waals surface area contributed by atoms with Gasteiger partial charge in [-0.15, -0.1) is 0 Å². The number of anilines is 2. The predicted octanol–water partition coefficient (Wildman–Crippen LogP) is -1.35. The number of hydrogen-bond acceptors (Lipinski definition) is 9. The minimum absolute atomic E-state index is 0. The second-order valence-electron chi connectivity index (χ2n) is 4.88. The Kier molecular flexibility index (Phi) is 4.84. The van der Waals surface area contributed by atoms with Crippen LogP contribution in [-0.4, -0.2) is 49.6 Å². The molecule has 1 saturated heterocycles. The Labute approximate surface area is 130 Å². The van der Waals surface area contributed by atoms with Crippen LogP contribution in [0.1, 0.15) is 0 Å². The maximum absolute atomic E-state index is 10.8. The van der Waals surface area contributed by atoms with Gasteiger partial charge in [-0.25, -0.2) is 4.98 Å². The summed E-state index contributed by atoms with van der Waals surface area (Å²) in [6, 6.07) is 0. The number of aromatic nitrogens is 4. The van der Waals surface area contributed by atoms with Gasteiger partial charge in [-0.1, -0.05) is 0 Å². The largest absolute Gasteiger partial charge is 0.778 e. The summed E-state index contributed by atoms with van der Waals surface area (Å²) in [4.78, 5) is 31.6. The van der Waals surface area contributed by atoms with Gasteiger partial charge < -0.3 is 46.0 Å². The van der Waals surface area contributed by atoms with E-state index in [1.54, 1.807) is 4.57 Å². The molecule has 0 radical (unpaired) electrons. The monoisotopic (exact) mass is 347 g/mol. The number of ether oxygens (including phenoxy) is 2. The minimum atomic E-state index is -4.44. The van der Waals surface area contributed by atoms with E-state index in [0.29, 0.717) is 17.7 Å². The lowest BCUT2D eigenvalue weighted by atomic mass is 10.4. The maximum atomic E-state index is 10.8. The van der Waals surface area contributed by atoms with Crippen LogP contribution in [0.3, 0.4) is 0 Å². The zero-order valence-electron chi connectivity index (χ0n) is 12.3. The van der Waals surface area contributed by atoms with Crippen molar-refractivity contribution >= 4 is 30.5 Å². The Hall–Kier alpha value is -1.82. The summed E-state index contributed by atoms with van der Waals surface area (Å²) >= 11 is 0. The van der Waals surface area contributed by atoms with Crippen molar-refractivity contribution in [2.45, 2.75) is 18.9 Å². The first kappa shape index (κ1) is 17.5. The lowest BCUT2D eigenvalue weighted by Gasteiger charge is -2.19. The first-order valence-electron chi connectivity index (χ1n) is 6.35. The smallest absolute Gasteiger partial charge is 0.224 e. The molecule has 3 rings (SSSR count). The topological polar surface area (TPSA) is 211 Å². The van der Waals surface area contributed by atoms with Crippen LogP contribution in [0.2, 0.25) is 0 Å². The summed E-state index contributed by atoms with van der Waals surface area (Å²) < 4.78 is 23.1. The van der Waals surface area contributed by atoms with Gasteiger partial charge >= 0.3 is 0 Å². The summed E-state index contributed by atoms with van der Waals surface area (Å²) in [5.74, 6) is 0.205. The van der Waals surface area contributed by atoms with Crippen LogP contribution in [0.15, 0.2) is 6.33 Å². The van der Waals surface area contributed by atoms with Crippen LogP contribution >= 0.6 is 7.60 Å². The van der Waals surface area contributed by atoms with Crippen molar-refractivity contribution in [1.82, 2.24) is 25.7 Å². The zero-order valence-corrected chi connectivity index (χ0v) is 13.2. The number of rotatable bonds is 4. The fourth-order valence-electron chi connectivity index (χ4n) is 2.22. The third-order valence-electron chi connectivity index (χ3n) is 3.10. The third kappa shape index (κ3) is 3.93. The highest BCUT2D eigenvalue weighted by Gasteiger charge is 2.29. The normalized spacial score (nSPS) is 23.6. The molecule has 13 heteroatoms. The molecule has 0 bridgehead atoms. The number of nitrogens with two attached hydrogens (primary N) is 2. The van der Waals surface area contributed by atoms with E-state index < -0.39 is 26.2 Å². The molecule has 0 aromatic carbocycles. The molecule has 1 aliphatic heterocycles. The standard InChI is InChI=1S/C10H15N6O5P.H3N/c11-8-7-9(15-10(12)14-8)16(4-13-7)1-5-2-20-6(21-5)3-22(17,18)19;/h4-6H,1-3H2,(H2,17,18,19)(H4,11,12,14,15);1H3. The molecule has 0 saturated carbocycles. The lowest BCUT2D eigenvalue weighted by molar-refractivity contribution is -0.197. The maximum Gasteiger partial charge on any atom is 0.224 e. The van der Waals surface area contributed by atoms with E-state index in [9.17, 15) is 9.46 Å². The molecule has 1 aliphatic rings. The molecule has 9 N–H and O–H groups in total. The SMILES string of the molecule is Nc1nc(N)c2ncn(CC3COC(CP(=O)([O-])O)O3)c2n1.[NH4+]. The number of fused-ring (bicyclic) bond motifs is 1. The number of nitrogen functional groups attached to an aromatic ring is 2. The predicted molar refractivity (Wildman–Crippen MR) is 79.4 cm³/mol. The van der Waals surface area contributed by atoms with Crippen molar-refractivity contribution < 1.29 is 23.8 Å². The Morgan fingerprint density at radius 1 is 1.48 bits per heavy atom. The average molecular weight is 347 g/mol. The molecule has 23 heavy (non-hydrogen) atoms. The first-order chi connectivity index (χ1) is 10.3. The minimum Gasteiger partial charge on any atom is -0.778 e. The molecule has 3 heterocycles. The Balaban J connectivity index is 0.00000192. The Morgan fingerprint density at radius 2 is 2.22 bits per heavy atom. The van der Waals surface area contributed by atoms with E-state index in [-0.39, 0.29) is 24.5 Å². The first-order valence-corrected chi connectivity index (χ1v) is 8.12. The highest BCUT2D eigenvalue weighted by Crippen LogP contribution is 2.33. The Morgan fingerprint density at radius 3 is 2.91 bits per heavy atom. The highest BCUT2D eigenvalue weighted by molar-refractivity contribution is 7.50. The lowest BCUT2D eigenvalue weighted by Crippen LogP contribution is -2.22. The number of quaternary nitrogens is 1. The summed E-state index contributed by atoms with van der Waals surface area (Å²) in [7, 11) is -4.44. The van der Waals surface area contributed by atoms with Gasteiger partial charge in [-0.2, -0.15) is 9.97 Å². The van der Waals surface area contributed by atoms with Crippen LogP contribution in [-0.2, 0) is 20.6 Å². The molecule has 0 aliphatic carbocycles. The molecule has 128 valence electrons. The van der Waals surface area contributed by atoms with E-state index in [2.05, 4.69) is 15.0 Å². The quantitative estimate of drug-likeness (QED) is 0.477. The molecule has 1 fully saturated rings. The van der Waals surface area contributed by atoms with Gasteiger partial charge in [0.05, 0.1) is 25.6 Å². The van der Waals surface area contributed by atoms with Gasteiger partial charge in [0.25, 0.3) is 0 Å². The van der Waals surface area contributed by atoms with E-state index in [1.807, 2.05) is 0 Å². The van der Waals surface area contributed by atoms with Crippen LogP contribution in [0, 0.1) is 0 Å². The molecule has 12 nitrogen and oxygen atoms in total. The van der Waals surface area contributed by atoms with Crippen LogP contribution in [0.5, 0.6) is 0 Å². The summed E-state index contributed by atoms with van der Waals surface area (Å²) in [5.41, 5.74) is 12.1. The summed E-state index contributed by atoms with van der Waals surface area (Å²) in [6.07, 6.45) is -0.476. The van der Waals surface area contributed by atoms with E-state index in [1.165, 1.54) is 6.33 Å². The van der Waals surface area contributed by atoms with Crippen molar-refractivity contribution in [3.63, 3.8) is 0 Å². The second kappa shape index (κ2) is 6.35. The van der Waals surface area contributed by atoms with Crippen molar-refractivity contribution in [3.8, 4) is 0 Å². The van der Waals surface area contributed by atoms with E-state index in [4.69, 9.17) is 25.8 Å². The van der Waals surface area contributed by atoms with Crippen molar-refractivity contribution in [2.75, 3.05) is 24.2 Å². The van der Waals surface area contributed by atoms with E-state index in [0.717, 1.165) is 0 Å². The summed E-state index contributed by atoms with van der Waals surface area (Å²) in [5, 5.41) is 0. The molecular weight excluding hydrogens is 329 g/mol. The molecule has 0 spiro atoms. The van der Waals surface area contributed by atoms with Crippen molar-refractivity contribution in [3.05, 3.63) is 6.33 Å². The fraction of sp³-hybridized carbons (Fsp3) is 0.500. The third-order valence-corrected chi connectivity index (χ3v) is 3.86. The highest BCUT2D eigenvalue weighted by atomic mass is 31.2. The molecule has 0 amide bonds. The second-order valence-corrected chi connectivity index (χ2v) is 6.52. The van der Waals surface area contributed by atoms with Crippen molar-refractivity contribution in [1.29, 1.82) is 0 Å². The van der Waals surface area contributed by atoms with Crippen LogP contribution in [0.4, 0.5) is 11.8 Å². The molecule has 3 unspecified atom stereocenters. The number of nitrogens with zero attached hydrogens (tertiary/aromatic N) is 4. The van der Waals surface area contributed by atoms with Gasteiger partial charge in [0.1, 0.15) is 19.2 Å².